The fraction of sp³-hybridized carbons (Fsp3) is 0.333. The lowest BCUT2D eigenvalue weighted by molar-refractivity contribution is -0.136. The smallest absolute Gasteiger partial charge is 0.262 e. The Balaban J connectivity index is 1.33. The summed E-state index contributed by atoms with van der Waals surface area (Å²) in [4.78, 5) is 52.9. The maximum Gasteiger partial charge on any atom is 0.262 e. The fourth-order valence-electron chi connectivity index (χ4n) is 4.65. The zero-order chi connectivity index (χ0) is 22.9. The summed E-state index contributed by atoms with van der Waals surface area (Å²) in [5, 5.41) is 8.94. The quantitative estimate of drug-likeness (QED) is 0.589. The van der Waals surface area contributed by atoms with Crippen molar-refractivity contribution >= 4 is 35.0 Å². The van der Waals surface area contributed by atoms with Gasteiger partial charge in [-0.2, -0.15) is 0 Å². The third-order valence-electron chi connectivity index (χ3n) is 6.37. The van der Waals surface area contributed by atoms with Gasteiger partial charge in [0.2, 0.25) is 11.8 Å². The number of carbonyl (C=O) groups excluding carboxylic acids is 4. The second-order valence-corrected chi connectivity index (χ2v) is 8.43. The van der Waals surface area contributed by atoms with E-state index in [9.17, 15) is 19.2 Å². The highest BCUT2D eigenvalue weighted by Crippen LogP contribution is 2.30. The molecule has 0 spiro atoms. The van der Waals surface area contributed by atoms with Crippen LogP contribution in [0.5, 0.6) is 0 Å². The van der Waals surface area contributed by atoms with E-state index in [1.807, 2.05) is 12.1 Å². The van der Waals surface area contributed by atoms with E-state index in [2.05, 4.69) is 33.0 Å². The molecular weight excluding hydrogens is 422 g/mol. The van der Waals surface area contributed by atoms with Gasteiger partial charge in [0, 0.05) is 50.5 Å². The molecule has 2 saturated heterocycles. The molecule has 1 atom stereocenters. The van der Waals surface area contributed by atoms with E-state index in [1.165, 1.54) is 5.69 Å². The lowest BCUT2D eigenvalue weighted by Gasteiger charge is -2.31. The normalized spacial score (nSPS) is 20.7. The highest BCUT2D eigenvalue weighted by Gasteiger charge is 2.44. The molecule has 2 aromatic rings. The number of carbonyl (C=O) groups is 4. The van der Waals surface area contributed by atoms with Crippen molar-refractivity contribution in [1.29, 1.82) is 0 Å². The van der Waals surface area contributed by atoms with Crippen LogP contribution in [-0.4, -0.2) is 60.7 Å². The zero-order valence-corrected chi connectivity index (χ0v) is 18.1. The van der Waals surface area contributed by atoms with Crippen molar-refractivity contribution in [2.45, 2.75) is 25.4 Å². The third kappa shape index (κ3) is 3.95. The van der Waals surface area contributed by atoms with Crippen molar-refractivity contribution in [1.82, 2.24) is 15.5 Å². The third-order valence-corrected chi connectivity index (χ3v) is 6.37. The van der Waals surface area contributed by atoms with Crippen LogP contribution in [-0.2, 0) is 16.1 Å². The second-order valence-electron chi connectivity index (χ2n) is 8.43. The minimum Gasteiger partial charge on any atom is -0.381 e. The second kappa shape index (κ2) is 8.67. The first-order valence-electron chi connectivity index (χ1n) is 11.2. The van der Waals surface area contributed by atoms with Crippen molar-refractivity contribution < 1.29 is 19.2 Å². The summed E-state index contributed by atoms with van der Waals surface area (Å²) >= 11 is 0. The van der Waals surface area contributed by atoms with Gasteiger partial charge in [-0.3, -0.25) is 29.4 Å². The molecule has 9 nitrogen and oxygen atoms in total. The molecule has 0 aromatic heterocycles. The number of hydrogen-bond donors (Lipinski definition) is 3. The molecule has 2 fully saturated rings. The largest absolute Gasteiger partial charge is 0.381 e. The number of para-hydroxylation sites is 1. The molecule has 9 heteroatoms. The number of nitrogens with zero attached hydrogens (tertiary/aromatic N) is 2. The van der Waals surface area contributed by atoms with Crippen molar-refractivity contribution in [3.8, 4) is 0 Å². The van der Waals surface area contributed by atoms with E-state index in [4.69, 9.17) is 0 Å². The summed E-state index contributed by atoms with van der Waals surface area (Å²) < 4.78 is 0. The molecule has 0 aliphatic carbocycles. The monoisotopic (exact) mass is 447 g/mol. The predicted octanol–water partition coefficient (Wildman–Crippen LogP) is 1.11. The van der Waals surface area contributed by atoms with Crippen LogP contribution in [0.15, 0.2) is 42.5 Å². The number of nitrogens with one attached hydrogen (secondary N) is 3. The van der Waals surface area contributed by atoms with Crippen LogP contribution < -0.4 is 20.9 Å². The van der Waals surface area contributed by atoms with Crippen LogP contribution in [0.25, 0.3) is 0 Å². The summed E-state index contributed by atoms with van der Waals surface area (Å²) in [6, 6.07) is 12.3. The molecule has 0 bridgehead atoms. The number of piperidine rings is 1. The highest BCUT2D eigenvalue weighted by atomic mass is 16.2. The molecule has 5 rings (SSSR count). The van der Waals surface area contributed by atoms with Gasteiger partial charge >= 0.3 is 0 Å². The molecule has 33 heavy (non-hydrogen) atoms. The van der Waals surface area contributed by atoms with Crippen LogP contribution in [0.4, 0.5) is 11.4 Å². The number of imide groups is 2. The molecule has 3 N–H and O–H groups in total. The summed E-state index contributed by atoms with van der Waals surface area (Å²) in [6.45, 7) is 4.36. The summed E-state index contributed by atoms with van der Waals surface area (Å²) in [7, 11) is 0. The first-order valence-corrected chi connectivity index (χ1v) is 11.2. The predicted molar refractivity (Wildman–Crippen MR) is 122 cm³/mol. The molecule has 4 amide bonds. The number of rotatable bonds is 5. The lowest BCUT2D eigenvalue weighted by atomic mass is 10.0. The number of hydrogen-bond acceptors (Lipinski definition) is 7. The average Bonchev–Trinajstić information content (AvgIpc) is 3.08. The van der Waals surface area contributed by atoms with E-state index < -0.39 is 23.8 Å². The maximum atomic E-state index is 13.0. The molecule has 3 aliphatic rings. The van der Waals surface area contributed by atoms with Gasteiger partial charge in [-0.05, 0) is 36.2 Å². The Morgan fingerprint density at radius 1 is 0.939 bits per heavy atom. The molecule has 3 aliphatic heterocycles. The van der Waals surface area contributed by atoms with E-state index in [0.29, 0.717) is 6.54 Å². The standard InChI is InChI=1S/C24H25N5O4/c30-21-8-7-20(22(31)27-21)29-23(32)17-6-5-16(13-18(17)24(29)33)26-14-15-3-1-2-4-19(15)28-11-9-25-10-12-28/h1-6,13,20,25-26H,7-12,14H2,(H,27,30,31). The summed E-state index contributed by atoms with van der Waals surface area (Å²) in [5.74, 6) is -2.00. The Kier molecular flexibility index (Phi) is 5.55. The molecule has 0 saturated carbocycles. The molecule has 170 valence electrons. The van der Waals surface area contributed by atoms with Crippen LogP contribution in [0.1, 0.15) is 39.1 Å². The Hall–Kier alpha value is -3.72. The first kappa shape index (κ1) is 21.1. The fourth-order valence-corrected chi connectivity index (χ4v) is 4.65. The SMILES string of the molecule is O=C1CCC(N2C(=O)c3ccc(NCc4ccccc4N4CCNCC4)cc3C2=O)C(=O)N1. The average molecular weight is 447 g/mol. The number of anilines is 2. The van der Waals surface area contributed by atoms with Gasteiger partial charge < -0.3 is 15.5 Å². The van der Waals surface area contributed by atoms with Crippen LogP contribution in [0, 0.1) is 0 Å². The Morgan fingerprint density at radius 3 is 2.48 bits per heavy atom. The molecule has 2 aromatic carbocycles. The van der Waals surface area contributed by atoms with Crippen molar-refractivity contribution in [3.05, 3.63) is 59.2 Å². The lowest BCUT2D eigenvalue weighted by Crippen LogP contribution is -2.54. The Bertz CT molecular complexity index is 1140. The maximum absolute atomic E-state index is 13.0. The van der Waals surface area contributed by atoms with Gasteiger partial charge in [0.25, 0.3) is 11.8 Å². The molecule has 3 heterocycles. The molecular formula is C24H25N5O4. The van der Waals surface area contributed by atoms with Crippen LogP contribution in [0.2, 0.25) is 0 Å². The van der Waals surface area contributed by atoms with Crippen molar-refractivity contribution in [3.63, 3.8) is 0 Å². The van der Waals surface area contributed by atoms with Crippen LogP contribution in [0.3, 0.4) is 0 Å². The Morgan fingerprint density at radius 2 is 1.70 bits per heavy atom. The highest BCUT2D eigenvalue weighted by molar-refractivity contribution is 6.23. The number of fused-ring (bicyclic) bond motifs is 1. The van der Waals surface area contributed by atoms with Crippen molar-refractivity contribution in [2.75, 3.05) is 36.4 Å². The number of amides is 4. The number of piperazine rings is 1. The van der Waals surface area contributed by atoms with Gasteiger partial charge in [0.15, 0.2) is 0 Å². The van der Waals surface area contributed by atoms with Crippen LogP contribution >= 0.6 is 0 Å². The summed E-state index contributed by atoms with van der Waals surface area (Å²) in [5.41, 5.74) is 3.59. The topological polar surface area (TPSA) is 111 Å². The van der Waals surface area contributed by atoms with Crippen molar-refractivity contribution in [2.24, 2.45) is 0 Å². The van der Waals surface area contributed by atoms with E-state index in [0.717, 1.165) is 42.3 Å². The molecule has 1 unspecified atom stereocenters. The van der Waals surface area contributed by atoms with Gasteiger partial charge in [-0.15, -0.1) is 0 Å². The minimum absolute atomic E-state index is 0.100. The van der Waals surface area contributed by atoms with Gasteiger partial charge in [0.05, 0.1) is 11.1 Å². The van der Waals surface area contributed by atoms with E-state index >= 15 is 0 Å². The van der Waals surface area contributed by atoms with E-state index in [1.54, 1.807) is 18.2 Å². The van der Waals surface area contributed by atoms with Gasteiger partial charge in [-0.1, -0.05) is 18.2 Å². The summed E-state index contributed by atoms with van der Waals surface area (Å²) in [6.07, 6.45) is 0.243. The van der Waals surface area contributed by atoms with Gasteiger partial charge in [-0.25, -0.2) is 0 Å². The minimum atomic E-state index is -0.961. The van der Waals surface area contributed by atoms with E-state index in [-0.39, 0.29) is 29.9 Å². The van der Waals surface area contributed by atoms with Gasteiger partial charge in [0.1, 0.15) is 6.04 Å². The number of benzene rings is 2. The Labute approximate surface area is 191 Å². The first-order chi connectivity index (χ1) is 16.0. The zero-order valence-electron chi connectivity index (χ0n) is 18.1. The molecule has 0 radical (unpaired) electrons.